The van der Waals surface area contributed by atoms with Crippen molar-refractivity contribution in [2.45, 2.75) is 18.6 Å². The Morgan fingerprint density at radius 1 is 0.917 bits per heavy atom. The fraction of sp³-hybridized carbons (Fsp3) is 0.316. The van der Waals surface area contributed by atoms with Gasteiger partial charge in [0.25, 0.3) is 0 Å². The van der Waals surface area contributed by atoms with Crippen LogP contribution in [0.1, 0.15) is 28.8 Å². The number of sulfonamides is 1. The fourth-order valence-electron chi connectivity index (χ4n) is 3.11. The lowest BCUT2D eigenvalue weighted by atomic mass is 9.90. The standard InChI is InChI=1S/C19H21NO3S/c21-19(17-9-5-2-6-10-17)18-11-13-20(14-12-18)24(22,23)15-16-7-3-1-4-8-16/h1-10,18H,11-15H2. The van der Waals surface area contributed by atoms with E-state index < -0.39 is 10.0 Å². The van der Waals surface area contributed by atoms with Gasteiger partial charge in [-0.2, -0.15) is 0 Å². The van der Waals surface area contributed by atoms with E-state index in [0.29, 0.717) is 31.5 Å². The largest absolute Gasteiger partial charge is 0.294 e. The maximum atomic E-state index is 12.5. The minimum absolute atomic E-state index is 0.0190. The maximum Gasteiger partial charge on any atom is 0.218 e. The molecule has 0 amide bonds. The molecule has 0 N–H and O–H groups in total. The summed E-state index contributed by atoms with van der Waals surface area (Å²) in [6.07, 6.45) is 1.17. The van der Waals surface area contributed by atoms with Gasteiger partial charge in [-0.05, 0) is 18.4 Å². The summed E-state index contributed by atoms with van der Waals surface area (Å²) in [6.45, 7) is 0.830. The Morgan fingerprint density at radius 3 is 2.04 bits per heavy atom. The molecule has 24 heavy (non-hydrogen) atoms. The number of ketones is 1. The van der Waals surface area contributed by atoms with Crippen molar-refractivity contribution in [1.82, 2.24) is 4.31 Å². The Hall–Kier alpha value is -1.98. The Labute approximate surface area is 143 Å². The van der Waals surface area contributed by atoms with E-state index in [2.05, 4.69) is 0 Å². The molecule has 0 bridgehead atoms. The van der Waals surface area contributed by atoms with Gasteiger partial charge in [0.1, 0.15) is 0 Å². The summed E-state index contributed by atoms with van der Waals surface area (Å²) in [7, 11) is -3.33. The third-order valence-electron chi connectivity index (χ3n) is 4.47. The number of carbonyl (C=O) groups excluding carboxylic acids is 1. The van der Waals surface area contributed by atoms with Gasteiger partial charge in [0.15, 0.2) is 5.78 Å². The van der Waals surface area contributed by atoms with Gasteiger partial charge < -0.3 is 0 Å². The molecule has 0 unspecified atom stereocenters. The SMILES string of the molecule is O=C(c1ccccc1)C1CCN(S(=O)(=O)Cc2ccccc2)CC1. The van der Waals surface area contributed by atoms with Crippen LogP contribution >= 0.6 is 0 Å². The predicted octanol–water partition coefficient (Wildman–Crippen LogP) is 3.11. The quantitative estimate of drug-likeness (QED) is 0.784. The Morgan fingerprint density at radius 2 is 1.46 bits per heavy atom. The lowest BCUT2D eigenvalue weighted by molar-refractivity contribution is 0.0875. The lowest BCUT2D eigenvalue weighted by Gasteiger charge is -2.30. The summed E-state index contributed by atoms with van der Waals surface area (Å²) >= 11 is 0. The van der Waals surface area contributed by atoms with E-state index in [0.717, 1.165) is 5.56 Å². The lowest BCUT2D eigenvalue weighted by Crippen LogP contribution is -2.40. The molecule has 1 fully saturated rings. The van der Waals surface area contributed by atoms with Gasteiger partial charge in [0.05, 0.1) is 5.75 Å². The highest BCUT2D eigenvalue weighted by Gasteiger charge is 2.31. The molecule has 1 aliphatic rings. The first kappa shape index (κ1) is 16.9. The number of carbonyl (C=O) groups is 1. The molecule has 5 heteroatoms. The first-order valence-electron chi connectivity index (χ1n) is 8.17. The molecule has 1 saturated heterocycles. The molecule has 4 nitrogen and oxygen atoms in total. The number of nitrogens with zero attached hydrogens (tertiary/aromatic N) is 1. The van der Waals surface area contributed by atoms with Crippen LogP contribution in [0.2, 0.25) is 0 Å². The molecule has 0 aliphatic carbocycles. The Kier molecular flexibility index (Phi) is 5.11. The fourth-order valence-corrected chi connectivity index (χ4v) is 4.67. The van der Waals surface area contributed by atoms with Gasteiger partial charge >= 0.3 is 0 Å². The third kappa shape index (κ3) is 3.91. The van der Waals surface area contributed by atoms with Crippen molar-refractivity contribution >= 4 is 15.8 Å². The second kappa shape index (κ2) is 7.28. The van der Waals surface area contributed by atoms with Crippen LogP contribution in [0.15, 0.2) is 60.7 Å². The second-order valence-corrected chi connectivity index (χ2v) is 8.11. The summed E-state index contributed by atoms with van der Waals surface area (Å²) in [5, 5.41) is 0. The first-order valence-corrected chi connectivity index (χ1v) is 9.78. The zero-order valence-corrected chi connectivity index (χ0v) is 14.3. The van der Waals surface area contributed by atoms with Crippen LogP contribution in [0.25, 0.3) is 0 Å². The van der Waals surface area contributed by atoms with Gasteiger partial charge in [-0.1, -0.05) is 60.7 Å². The van der Waals surface area contributed by atoms with Crippen LogP contribution in [0, 0.1) is 5.92 Å². The molecule has 0 radical (unpaired) electrons. The average molecular weight is 343 g/mol. The summed E-state index contributed by atoms with van der Waals surface area (Å²) in [5.74, 6) is 0.0526. The van der Waals surface area contributed by atoms with Gasteiger partial charge in [0, 0.05) is 24.6 Å². The number of rotatable bonds is 5. The highest BCUT2D eigenvalue weighted by molar-refractivity contribution is 7.88. The second-order valence-electron chi connectivity index (χ2n) is 6.15. The van der Waals surface area contributed by atoms with Crippen LogP contribution in [0.4, 0.5) is 0 Å². The van der Waals surface area contributed by atoms with Crippen LogP contribution in [0.5, 0.6) is 0 Å². The van der Waals surface area contributed by atoms with Gasteiger partial charge in [-0.25, -0.2) is 12.7 Å². The zero-order valence-electron chi connectivity index (χ0n) is 13.5. The molecule has 1 heterocycles. The minimum Gasteiger partial charge on any atom is -0.294 e. The highest BCUT2D eigenvalue weighted by Crippen LogP contribution is 2.24. The monoisotopic (exact) mass is 343 g/mol. The van der Waals surface area contributed by atoms with Gasteiger partial charge in [-0.15, -0.1) is 0 Å². The number of hydrogen-bond donors (Lipinski definition) is 0. The minimum atomic E-state index is -3.33. The molecule has 126 valence electrons. The van der Waals surface area contributed by atoms with Crippen molar-refractivity contribution in [3.8, 4) is 0 Å². The summed E-state index contributed by atoms with van der Waals surface area (Å²) in [6, 6.07) is 18.4. The number of Topliss-reactive ketones (excluding diaryl/α,β-unsaturated/α-hetero) is 1. The molecule has 3 rings (SSSR count). The van der Waals surface area contributed by atoms with Crippen molar-refractivity contribution < 1.29 is 13.2 Å². The Bertz CT molecular complexity index is 780. The summed E-state index contributed by atoms with van der Waals surface area (Å²) < 4.78 is 26.6. The highest BCUT2D eigenvalue weighted by atomic mass is 32.2. The average Bonchev–Trinajstić information content (AvgIpc) is 2.62. The molecule has 2 aromatic rings. The number of benzene rings is 2. The maximum absolute atomic E-state index is 12.5. The summed E-state index contributed by atoms with van der Waals surface area (Å²) in [5.41, 5.74) is 1.50. The van der Waals surface area contributed by atoms with Crippen LogP contribution < -0.4 is 0 Å². The summed E-state index contributed by atoms with van der Waals surface area (Å²) in [4.78, 5) is 12.5. The van der Waals surface area contributed by atoms with Gasteiger partial charge in [0.2, 0.25) is 10.0 Å². The normalized spacial score (nSPS) is 16.8. The van der Waals surface area contributed by atoms with E-state index in [4.69, 9.17) is 0 Å². The van der Waals surface area contributed by atoms with Crippen molar-refractivity contribution in [1.29, 1.82) is 0 Å². The topological polar surface area (TPSA) is 54.5 Å². The molecule has 0 spiro atoms. The molecule has 0 atom stereocenters. The number of hydrogen-bond acceptors (Lipinski definition) is 3. The van der Waals surface area contributed by atoms with Gasteiger partial charge in [-0.3, -0.25) is 4.79 Å². The predicted molar refractivity (Wildman–Crippen MR) is 94.1 cm³/mol. The molecule has 0 saturated carbocycles. The molecular weight excluding hydrogens is 322 g/mol. The van der Waals surface area contributed by atoms with E-state index in [1.54, 1.807) is 0 Å². The van der Waals surface area contributed by atoms with E-state index in [-0.39, 0.29) is 17.5 Å². The van der Waals surface area contributed by atoms with Crippen LogP contribution in [-0.2, 0) is 15.8 Å². The van der Waals surface area contributed by atoms with E-state index in [1.165, 1.54) is 4.31 Å². The molecule has 1 aliphatic heterocycles. The smallest absolute Gasteiger partial charge is 0.218 e. The third-order valence-corrected chi connectivity index (χ3v) is 6.32. The molecular formula is C19H21NO3S. The molecule has 0 aromatic heterocycles. The van der Waals surface area contributed by atoms with Crippen molar-refractivity contribution in [3.05, 3.63) is 71.8 Å². The van der Waals surface area contributed by atoms with Crippen LogP contribution in [-0.4, -0.2) is 31.6 Å². The number of piperidine rings is 1. The van der Waals surface area contributed by atoms with Crippen molar-refractivity contribution in [3.63, 3.8) is 0 Å². The van der Waals surface area contributed by atoms with E-state index in [1.807, 2.05) is 60.7 Å². The first-order chi connectivity index (χ1) is 11.6. The van der Waals surface area contributed by atoms with E-state index in [9.17, 15) is 13.2 Å². The van der Waals surface area contributed by atoms with Crippen LogP contribution in [0.3, 0.4) is 0 Å². The zero-order chi connectivity index (χ0) is 17.0. The molecule has 2 aromatic carbocycles. The van der Waals surface area contributed by atoms with Crippen molar-refractivity contribution in [2.75, 3.05) is 13.1 Å². The van der Waals surface area contributed by atoms with E-state index >= 15 is 0 Å². The van der Waals surface area contributed by atoms with Crippen molar-refractivity contribution in [2.24, 2.45) is 5.92 Å². The Balaban J connectivity index is 1.61.